The standard InChI is InChI=1S/C26H27NO4S/c1-29-20-12-13-21(30-2)24-23(20)18-9-3-4-10-19(18)31-25(24)16-7-5-8-17(15-16)27-26(28)22-11-6-14-32-22/h5-8,11-15,18-19,25H,3-4,9-10H2,1-2H3,(H,27,28)/t18-,19-,25-/m1/s1. The second-order valence-corrected chi connectivity index (χ2v) is 9.25. The first-order valence-electron chi connectivity index (χ1n) is 11.0. The summed E-state index contributed by atoms with van der Waals surface area (Å²) in [5.41, 5.74) is 3.99. The Morgan fingerprint density at radius 2 is 1.78 bits per heavy atom. The number of amides is 1. The Balaban J connectivity index is 1.56. The van der Waals surface area contributed by atoms with Gasteiger partial charge in [0.25, 0.3) is 5.91 Å². The number of benzene rings is 2. The minimum absolute atomic E-state index is 0.103. The van der Waals surface area contributed by atoms with Crippen molar-refractivity contribution in [1.29, 1.82) is 0 Å². The molecule has 2 aromatic carbocycles. The van der Waals surface area contributed by atoms with Gasteiger partial charge >= 0.3 is 0 Å². The van der Waals surface area contributed by atoms with E-state index in [-0.39, 0.29) is 18.1 Å². The van der Waals surface area contributed by atoms with Crippen molar-refractivity contribution >= 4 is 22.9 Å². The highest BCUT2D eigenvalue weighted by Gasteiger charge is 2.41. The molecule has 1 amide bonds. The maximum absolute atomic E-state index is 12.6. The average molecular weight is 450 g/mol. The molecule has 0 radical (unpaired) electrons. The molecule has 3 aromatic rings. The maximum atomic E-state index is 12.6. The van der Waals surface area contributed by atoms with E-state index in [9.17, 15) is 4.79 Å². The number of fused-ring (bicyclic) bond motifs is 3. The monoisotopic (exact) mass is 449 g/mol. The predicted molar refractivity (Wildman–Crippen MR) is 126 cm³/mol. The minimum atomic E-state index is -0.284. The molecule has 5 nitrogen and oxygen atoms in total. The fraction of sp³-hybridized carbons (Fsp3) is 0.346. The van der Waals surface area contributed by atoms with E-state index in [4.69, 9.17) is 14.2 Å². The number of hydrogen-bond donors (Lipinski definition) is 1. The van der Waals surface area contributed by atoms with Crippen LogP contribution in [-0.4, -0.2) is 26.2 Å². The molecule has 5 rings (SSSR count). The summed E-state index contributed by atoms with van der Waals surface area (Å²) in [5.74, 6) is 1.91. The van der Waals surface area contributed by atoms with Gasteiger partial charge in [0, 0.05) is 22.7 Å². The van der Waals surface area contributed by atoms with Crippen LogP contribution in [0, 0.1) is 0 Å². The first-order valence-corrected chi connectivity index (χ1v) is 11.9. The molecule has 2 aliphatic rings. The zero-order valence-electron chi connectivity index (χ0n) is 18.3. The van der Waals surface area contributed by atoms with Gasteiger partial charge in [0.15, 0.2) is 0 Å². The molecular formula is C26H27NO4S. The zero-order valence-corrected chi connectivity index (χ0v) is 19.1. The van der Waals surface area contributed by atoms with Crippen molar-refractivity contribution in [2.45, 2.75) is 43.8 Å². The Labute approximate surface area is 192 Å². The Kier molecular flexibility index (Phi) is 5.89. The van der Waals surface area contributed by atoms with Gasteiger partial charge in [0.1, 0.15) is 17.6 Å². The fourth-order valence-corrected chi connectivity index (χ4v) is 5.68. The Bertz CT molecular complexity index is 1110. The summed E-state index contributed by atoms with van der Waals surface area (Å²) in [4.78, 5) is 13.3. The van der Waals surface area contributed by atoms with Gasteiger partial charge in [0.05, 0.1) is 25.2 Å². The van der Waals surface area contributed by atoms with Gasteiger partial charge in [-0.1, -0.05) is 31.0 Å². The zero-order chi connectivity index (χ0) is 22.1. The van der Waals surface area contributed by atoms with Gasteiger partial charge in [-0.25, -0.2) is 0 Å². The highest BCUT2D eigenvalue weighted by Crippen LogP contribution is 2.53. The number of ether oxygens (including phenoxy) is 3. The molecule has 1 saturated carbocycles. The second kappa shape index (κ2) is 8.96. The first-order chi connectivity index (χ1) is 15.7. The van der Waals surface area contributed by atoms with Crippen LogP contribution in [0.4, 0.5) is 5.69 Å². The molecule has 1 aliphatic carbocycles. The van der Waals surface area contributed by atoms with Crippen LogP contribution in [0.2, 0.25) is 0 Å². The molecule has 0 bridgehead atoms. The lowest BCUT2D eigenvalue weighted by molar-refractivity contribution is -0.0406. The summed E-state index contributed by atoms with van der Waals surface area (Å²) in [6.45, 7) is 0. The molecule has 1 N–H and O–H groups in total. The van der Waals surface area contributed by atoms with Crippen molar-refractivity contribution in [1.82, 2.24) is 0 Å². The third-order valence-electron chi connectivity index (χ3n) is 6.49. The molecule has 0 unspecified atom stereocenters. The van der Waals surface area contributed by atoms with Gasteiger partial charge < -0.3 is 19.5 Å². The van der Waals surface area contributed by atoms with Crippen LogP contribution in [0.1, 0.15) is 64.1 Å². The van der Waals surface area contributed by atoms with E-state index >= 15 is 0 Å². The van der Waals surface area contributed by atoms with E-state index < -0.39 is 0 Å². The first kappa shape index (κ1) is 21.0. The molecule has 3 atom stereocenters. The highest BCUT2D eigenvalue weighted by molar-refractivity contribution is 7.12. The third kappa shape index (κ3) is 3.78. The summed E-state index contributed by atoms with van der Waals surface area (Å²) < 4.78 is 18.3. The Morgan fingerprint density at radius 3 is 2.53 bits per heavy atom. The van der Waals surface area contributed by atoms with Crippen molar-refractivity contribution in [2.75, 3.05) is 19.5 Å². The van der Waals surface area contributed by atoms with Crippen LogP contribution in [0.15, 0.2) is 53.9 Å². The van der Waals surface area contributed by atoms with Crippen molar-refractivity contribution in [3.8, 4) is 11.5 Å². The van der Waals surface area contributed by atoms with Crippen LogP contribution in [0.3, 0.4) is 0 Å². The minimum Gasteiger partial charge on any atom is -0.496 e. The molecule has 0 spiro atoms. The van der Waals surface area contributed by atoms with Crippen LogP contribution in [-0.2, 0) is 4.74 Å². The second-order valence-electron chi connectivity index (χ2n) is 8.30. The molecule has 166 valence electrons. The largest absolute Gasteiger partial charge is 0.496 e. The number of carbonyl (C=O) groups is 1. The van der Waals surface area contributed by atoms with Crippen LogP contribution in [0.5, 0.6) is 11.5 Å². The van der Waals surface area contributed by atoms with E-state index in [0.717, 1.165) is 41.2 Å². The lowest BCUT2D eigenvalue weighted by atomic mass is 9.75. The average Bonchev–Trinajstić information content (AvgIpc) is 3.38. The Hall–Kier alpha value is -2.83. The summed E-state index contributed by atoms with van der Waals surface area (Å²) >= 11 is 1.43. The number of carbonyl (C=O) groups excluding carboxylic acids is 1. The van der Waals surface area contributed by atoms with Crippen LogP contribution >= 0.6 is 11.3 Å². The topological polar surface area (TPSA) is 56.8 Å². The maximum Gasteiger partial charge on any atom is 0.265 e. The van der Waals surface area contributed by atoms with Gasteiger partial charge in [0.2, 0.25) is 0 Å². The molecular weight excluding hydrogens is 422 g/mol. The predicted octanol–water partition coefficient (Wildman–Crippen LogP) is 6.16. The summed E-state index contributed by atoms with van der Waals surface area (Å²) in [5, 5.41) is 4.92. The lowest BCUT2D eigenvalue weighted by Gasteiger charge is -2.42. The summed E-state index contributed by atoms with van der Waals surface area (Å²) in [7, 11) is 3.43. The molecule has 32 heavy (non-hydrogen) atoms. The van der Waals surface area contributed by atoms with E-state index in [1.54, 1.807) is 14.2 Å². The van der Waals surface area contributed by atoms with Gasteiger partial charge in [-0.15, -0.1) is 11.3 Å². The molecule has 0 saturated heterocycles. The lowest BCUT2D eigenvalue weighted by Crippen LogP contribution is -2.34. The number of thiophene rings is 1. The number of methoxy groups -OCH3 is 2. The van der Waals surface area contributed by atoms with Crippen molar-refractivity contribution in [2.24, 2.45) is 0 Å². The van der Waals surface area contributed by atoms with Crippen molar-refractivity contribution < 1.29 is 19.0 Å². The normalized spacial score (nSPS) is 21.9. The van der Waals surface area contributed by atoms with Gasteiger partial charge in [-0.3, -0.25) is 4.79 Å². The fourth-order valence-electron chi connectivity index (χ4n) is 5.06. The van der Waals surface area contributed by atoms with E-state index in [1.807, 2.05) is 47.8 Å². The van der Waals surface area contributed by atoms with Gasteiger partial charge in [-0.2, -0.15) is 0 Å². The molecule has 1 aromatic heterocycles. The highest BCUT2D eigenvalue weighted by atomic mass is 32.1. The number of nitrogens with one attached hydrogen (secondary N) is 1. The van der Waals surface area contributed by atoms with Crippen LogP contribution in [0.25, 0.3) is 0 Å². The summed E-state index contributed by atoms with van der Waals surface area (Å²) in [6, 6.07) is 15.6. The quantitative estimate of drug-likeness (QED) is 0.507. The molecule has 2 heterocycles. The molecule has 1 fully saturated rings. The van der Waals surface area contributed by atoms with Crippen molar-refractivity contribution in [3.63, 3.8) is 0 Å². The van der Waals surface area contributed by atoms with Crippen molar-refractivity contribution in [3.05, 3.63) is 75.5 Å². The van der Waals surface area contributed by atoms with E-state index in [0.29, 0.717) is 10.8 Å². The smallest absolute Gasteiger partial charge is 0.265 e. The Morgan fingerprint density at radius 1 is 1.00 bits per heavy atom. The SMILES string of the molecule is COc1ccc(OC)c2c1[C@@H](c1cccc(NC(=O)c3cccs3)c1)O[C@@H]1CCCC[C@@H]21. The van der Waals surface area contributed by atoms with E-state index in [1.165, 1.54) is 29.7 Å². The molecule has 6 heteroatoms. The number of anilines is 1. The van der Waals surface area contributed by atoms with Gasteiger partial charge in [-0.05, 0) is 54.1 Å². The summed E-state index contributed by atoms with van der Waals surface area (Å²) in [6.07, 6.45) is 4.35. The third-order valence-corrected chi connectivity index (χ3v) is 7.35. The van der Waals surface area contributed by atoms with Crippen LogP contribution < -0.4 is 14.8 Å². The molecule has 1 aliphatic heterocycles. The van der Waals surface area contributed by atoms with E-state index in [2.05, 4.69) is 11.4 Å². The number of rotatable bonds is 5. The number of hydrogen-bond acceptors (Lipinski definition) is 5.